The molecule has 0 bridgehead atoms. The molecule has 4 aromatic heterocycles. The Labute approximate surface area is 222 Å². The zero-order valence-corrected chi connectivity index (χ0v) is 20.6. The lowest BCUT2D eigenvalue weighted by Crippen LogP contribution is -1.95. The Bertz CT molecular complexity index is 1950. The van der Waals surface area contributed by atoms with E-state index >= 15 is 0 Å². The molecule has 0 saturated heterocycles. The summed E-state index contributed by atoms with van der Waals surface area (Å²) in [6.07, 6.45) is 5.20. The summed E-state index contributed by atoms with van der Waals surface area (Å²) >= 11 is 0. The number of nitrogens with one attached hydrogen (secondary N) is 2. The van der Waals surface area contributed by atoms with Crippen LogP contribution >= 0.6 is 0 Å². The molecule has 0 atom stereocenters. The van der Waals surface area contributed by atoms with Crippen molar-refractivity contribution in [3.63, 3.8) is 0 Å². The number of halogens is 1. The molecule has 7 aromatic rings. The van der Waals surface area contributed by atoms with Crippen LogP contribution in [0.3, 0.4) is 0 Å². The van der Waals surface area contributed by atoms with Gasteiger partial charge in [0.05, 0.1) is 17.2 Å². The van der Waals surface area contributed by atoms with E-state index in [1.54, 1.807) is 18.5 Å². The Hall–Kier alpha value is -5.37. The van der Waals surface area contributed by atoms with Gasteiger partial charge in [0.15, 0.2) is 11.5 Å². The Morgan fingerprint density at radius 3 is 2.64 bits per heavy atom. The molecule has 8 heteroatoms. The highest BCUT2D eigenvalue weighted by Crippen LogP contribution is 2.33. The number of imidazole rings is 1. The maximum atomic E-state index is 13.9. The topological polar surface area (TPSA) is 92.4 Å². The fraction of sp³-hybridized carbons (Fsp3) is 0.0323. The number of nitrogens with zero attached hydrogens (tertiary/aromatic N) is 4. The predicted octanol–water partition coefficient (Wildman–Crippen LogP) is 6.95. The monoisotopic (exact) mass is 512 g/mol. The molecule has 188 valence electrons. The van der Waals surface area contributed by atoms with Gasteiger partial charge in [-0.2, -0.15) is 5.10 Å². The van der Waals surface area contributed by atoms with Crippen LogP contribution in [0.2, 0.25) is 0 Å². The highest BCUT2D eigenvalue weighted by molar-refractivity contribution is 5.97. The molecule has 0 saturated carbocycles. The molecule has 39 heavy (non-hydrogen) atoms. The zero-order chi connectivity index (χ0) is 26.2. The van der Waals surface area contributed by atoms with Crippen molar-refractivity contribution in [2.45, 2.75) is 6.61 Å². The summed E-state index contributed by atoms with van der Waals surface area (Å²) in [6.45, 7) is 0.467. The Kier molecular flexibility index (Phi) is 5.55. The van der Waals surface area contributed by atoms with Gasteiger partial charge in [-0.1, -0.05) is 48.5 Å². The van der Waals surface area contributed by atoms with Gasteiger partial charge < -0.3 is 9.72 Å². The van der Waals surface area contributed by atoms with Crippen molar-refractivity contribution >= 4 is 22.1 Å². The molecule has 2 N–H and O–H groups in total. The first-order valence-electron chi connectivity index (χ1n) is 12.4. The number of hydrogen-bond acceptors (Lipinski definition) is 5. The highest BCUT2D eigenvalue weighted by atomic mass is 19.1. The van der Waals surface area contributed by atoms with Crippen LogP contribution in [0.5, 0.6) is 5.75 Å². The van der Waals surface area contributed by atoms with Gasteiger partial charge >= 0.3 is 0 Å². The lowest BCUT2D eigenvalue weighted by molar-refractivity contribution is 0.305. The number of hydrogen-bond donors (Lipinski definition) is 2. The van der Waals surface area contributed by atoms with Crippen LogP contribution in [-0.2, 0) is 6.61 Å². The van der Waals surface area contributed by atoms with Crippen LogP contribution in [0, 0.1) is 5.82 Å². The molecule has 0 radical (unpaired) electrons. The molecule has 7 nitrogen and oxygen atoms in total. The Morgan fingerprint density at radius 2 is 1.74 bits per heavy atom. The Balaban J connectivity index is 1.24. The van der Waals surface area contributed by atoms with Crippen molar-refractivity contribution in [1.82, 2.24) is 30.1 Å². The van der Waals surface area contributed by atoms with Crippen LogP contribution in [0.1, 0.15) is 5.56 Å². The number of rotatable bonds is 6. The lowest BCUT2D eigenvalue weighted by Gasteiger charge is -2.08. The summed E-state index contributed by atoms with van der Waals surface area (Å²) in [4.78, 5) is 16.9. The Morgan fingerprint density at radius 1 is 0.821 bits per heavy atom. The molecule has 0 aliphatic rings. The lowest BCUT2D eigenvalue weighted by atomic mass is 10.0. The van der Waals surface area contributed by atoms with Gasteiger partial charge in [-0.3, -0.25) is 10.1 Å². The average molecular weight is 513 g/mol. The van der Waals surface area contributed by atoms with Crippen molar-refractivity contribution in [1.29, 1.82) is 0 Å². The number of pyridine rings is 2. The molecule has 0 amide bonds. The minimum absolute atomic E-state index is 0.299. The van der Waals surface area contributed by atoms with E-state index in [1.165, 1.54) is 12.1 Å². The number of aromatic amines is 2. The standard InChI is InChI=1S/C31H21FN6O/c32-23-8-4-7-21(13-23)25-11-12-34-30-28(25)35-31(36-30)29-26-15-20(9-10-27(26)37-38-29)22-14-24(17-33-16-22)39-18-19-5-2-1-3-6-19/h1-17H,18H2,(H,37,38)(H,34,35,36). The van der Waals surface area contributed by atoms with Gasteiger partial charge in [-0.15, -0.1) is 0 Å². The van der Waals surface area contributed by atoms with E-state index in [-0.39, 0.29) is 5.82 Å². The van der Waals surface area contributed by atoms with E-state index in [0.717, 1.165) is 44.2 Å². The summed E-state index contributed by atoms with van der Waals surface area (Å²) in [6, 6.07) is 26.4. The van der Waals surface area contributed by atoms with Crippen LogP contribution < -0.4 is 4.74 Å². The first-order valence-corrected chi connectivity index (χ1v) is 12.4. The second-order valence-corrected chi connectivity index (χ2v) is 9.17. The van der Waals surface area contributed by atoms with Gasteiger partial charge in [-0.05, 0) is 53.1 Å². The first-order chi connectivity index (χ1) is 19.2. The van der Waals surface area contributed by atoms with Gasteiger partial charge in [0, 0.05) is 28.9 Å². The van der Waals surface area contributed by atoms with Crippen LogP contribution in [-0.4, -0.2) is 30.1 Å². The SMILES string of the molecule is Fc1cccc(-c2ccnc3nc(-c4n[nH]c5ccc(-c6cncc(OCc7ccccc7)c6)cc45)[nH]c23)c1. The average Bonchev–Trinajstić information content (AvgIpc) is 3.60. The summed E-state index contributed by atoms with van der Waals surface area (Å²) < 4.78 is 19.9. The second-order valence-electron chi connectivity index (χ2n) is 9.17. The van der Waals surface area contributed by atoms with Crippen molar-refractivity contribution in [3.05, 3.63) is 115 Å². The molecule has 0 aliphatic carbocycles. The van der Waals surface area contributed by atoms with Crippen LogP contribution in [0.4, 0.5) is 4.39 Å². The third kappa shape index (κ3) is 4.38. The van der Waals surface area contributed by atoms with E-state index in [4.69, 9.17) is 9.72 Å². The largest absolute Gasteiger partial charge is 0.487 e. The molecular formula is C31H21FN6O. The second kappa shape index (κ2) is 9.50. The molecule has 0 unspecified atom stereocenters. The number of fused-ring (bicyclic) bond motifs is 2. The molecule has 7 rings (SSSR count). The molecule has 3 aromatic carbocycles. The summed E-state index contributed by atoms with van der Waals surface area (Å²) in [7, 11) is 0. The summed E-state index contributed by atoms with van der Waals surface area (Å²) in [5.74, 6) is 0.965. The fourth-order valence-electron chi connectivity index (χ4n) is 4.69. The van der Waals surface area contributed by atoms with E-state index < -0.39 is 0 Å². The third-order valence-corrected chi connectivity index (χ3v) is 6.61. The van der Waals surface area contributed by atoms with Crippen molar-refractivity contribution in [2.75, 3.05) is 0 Å². The first kappa shape index (κ1) is 22.8. The third-order valence-electron chi connectivity index (χ3n) is 6.61. The summed E-state index contributed by atoms with van der Waals surface area (Å²) in [5, 5.41) is 8.54. The normalized spacial score (nSPS) is 11.3. The van der Waals surface area contributed by atoms with E-state index in [9.17, 15) is 4.39 Å². The van der Waals surface area contributed by atoms with Gasteiger partial charge in [0.2, 0.25) is 0 Å². The number of aromatic nitrogens is 6. The van der Waals surface area contributed by atoms with Gasteiger partial charge in [0.1, 0.15) is 23.9 Å². The van der Waals surface area contributed by atoms with Crippen LogP contribution in [0.15, 0.2) is 104 Å². The highest BCUT2D eigenvalue weighted by Gasteiger charge is 2.17. The van der Waals surface area contributed by atoms with Crippen molar-refractivity contribution < 1.29 is 9.13 Å². The molecular weight excluding hydrogens is 491 g/mol. The van der Waals surface area contributed by atoms with Gasteiger partial charge in [-0.25, -0.2) is 14.4 Å². The maximum Gasteiger partial charge on any atom is 0.178 e. The molecule has 4 heterocycles. The number of benzene rings is 3. The van der Waals surface area contributed by atoms with Crippen LogP contribution in [0.25, 0.3) is 55.8 Å². The van der Waals surface area contributed by atoms with E-state index in [1.807, 2.05) is 66.9 Å². The van der Waals surface area contributed by atoms with Crippen molar-refractivity contribution in [2.24, 2.45) is 0 Å². The quantitative estimate of drug-likeness (QED) is 0.252. The van der Waals surface area contributed by atoms with E-state index in [2.05, 4.69) is 31.2 Å². The molecule has 0 aliphatic heterocycles. The van der Waals surface area contributed by atoms with Crippen molar-refractivity contribution in [3.8, 4) is 39.5 Å². The number of H-pyrrole nitrogens is 2. The van der Waals surface area contributed by atoms with Gasteiger partial charge in [0.25, 0.3) is 0 Å². The maximum absolute atomic E-state index is 13.9. The minimum Gasteiger partial charge on any atom is -0.487 e. The summed E-state index contributed by atoms with van der Waals surface area (Å²) in [5.41, 5.74) is 7.34. The molecule has 0 fully saturated rings. The zero-order valence-electron chi connectivity index (χ0n) is 20.6. The predicted molar refractivity (Wildman–Crippen MR) is 148 cm³/mol. The fourth-order valence-corrected chi connectivity index (χ4v) is 4.69. The number of ether oxygens (including phenoxy) is 1. The minimum atomic E-state index is -0.299. The smallest absolute Gasteiger partial charge is 0.178 e. The van der Waals surface area contributed by atoms with E-state index in [0.29, 0.717) is 29.5 Å². The molecule has 0 spiro atoms.